The number of aliphatic hydroxyl groups is 1. The highest BCUT2D eigenvalue weighted by Crippen LogP contribution is 2.30. The first-order chi connectivity index (χ1) is 9.04. The van der Waals surface area contributed by atoms with E-state index in [1.807, 2.05) is 17.9 Å². The summed E-state index contributed by atoms with van der Waals surface area (Å²) in [5, 5.41) is 9.95. The molecule has 0 spiro atoms. The Labute approximate surface area is 113 Å². The van der Waals surface area contributed by atoms with Crippen molar-refractivity contribution in [1.29, 1.82) is 0 Å². The second-order valence-electron chi connectivity index (χ2n) is 5.01. The molecule has 1 aromatic rings. The molecular weight excluding hydrogens is 244 g/mol. The van der Waals surface area contributed by atoms with Crippen LogP contribution in [0.2, 0.25) is 0 Å². The molecule has 0 saturated carbocycles. The first-order valence-corrected chi connectivity index (χ1v) is 6.44. The third kappa shape index (κ3) is 2.66. The Morgan fingerprint density at radius 2 is 2.26 bits per heavy atom. The fourth-order valence-corrected chi connectivity index (χ4v) is 2.38. The number of benzene rings is 1. The summed E-state index contributed by atoms with van der Waals surface area (Å²) in [6, 6.07) is 5.29. The normalized spacial score (nSPS) is 23.2. The maximum atomic E-state index is 11.6. The fourth-order valence-electron chi connectivity index (χ4n) is 2.38. The first kappa shape index (κ1) is 13.7. The number of nitrogen functional groups attached to an aromatic ring is 1. The first-order valence-electron chi connectivity index (χ1n) is 6.44. The van der Waals surface area contributed by atoms with Gasteiger partial charge in [0.05, 0.1) is 30.2 Å². The fraction of sp³-hybridized carbons (Fsp3) is 0.500. The zero-order valence-corrected chi connectivity index (χ0v) is 11.3. The van der Waals surface area contributed by atoms with Gasteiger partial charge < -0.3 is 20.5 Å². The number of carbonyl (C=O) groups is 1. The Kier molecular flexibility index (Phi) is 3.95. The number of para-hydroxylation sites is 1. The van der Waals surface area contributed by atoms with E-state index in [2.05, 4.69) is 0 Å². The highest BCUT2D eigenvalue weighted by Gasteiger charge is 2.26. The Morgan fingerprint density at radius 1 is 1.53 bits per heavy atom. The van der Waals surface area contributed by atoms with Crippen LogP contribution >= 0.6 is 0 Å². The minimum Gasteiger partial charge on any atom is -0.465 e. The van der Waals surface area contributed by atoms with E-state index >= 15 is 0 Å². The van der Waals surface area contributed by atoms with Gasteiger partial charge in [-0.25, -0.2) is 4.79 Å². The molecule has 104 valence electrons. The Balaban J connectivity index is 2.28. The lowest BCUT2D eigenvalue weighted by Crippen LogP contribution is -2.43. The summed E-state index contributed by atoms with van der Waals surface area (Å²) in [7, 11) is 1.33. The molecular formula is C14H20N2O3. The van der Waals surface area contributed by atoms with Crippen molar-refractivity contribution < 1.29 is 14.6 Å². The molecule has 0 aromatic heterocycles. The van der Waals surface area contributed by atoms with Gasteiger partial charge in [0.1, 0.15) is 0 Å². The molecule has 1 saturated heterocycles. The molecule has 5 nitrogen and oxygen atoms in total. The third-order valence-corrected chi connectivity index (χ3v) is 3.75. The summed E-state index contributed by atoms with van der Waals surface area (Å²) < 4.78 is 4.71. The number of ether oxygens (including phenoxy) is 1. The number of esters is 1. The number of rotatable bonds is 2. The molecule has 0 aliphatic carbocycles. The topological polar surface area (TPSA) is 75.8 Å². The standard InChI is InChI=1S/C14H20N2O3/c1-9-6-7-16(8-12(9)17)11-5-3-4-10(13(11)15)14(18)19-2/h3-5,9,12,17H,6-8,15H2,1-2H3. The molecule has 0 bridgehead atoms. The van der Waals surface area contributed by atoms with Gasteiger partial charge in [-0.2, -0.15) is 0 Å². The Bertz CT molecular complexity index is 476. The quantitative estimate of drug-likeness (QED) is 0.621. The van der Waals surface area contributed by atoms with Crippen molar-refractivity contribution in [2.45, 2.75) is 19.4 Å². The van der Waals surface area contributed by atoms with E-state index < -0.39 is 5.97 Å². The summed E-state index contributed by atoms with van der Waals surface area (Å²) in [6.45, 7) is 3.40. The monoisotopic (exact) mass is 264 g/mol. The van der Waals surface area contributed by atoms with Gasteiger partial charge in [0.25, 0.3) is 0 Å². The van der Waals surface area contributed by atoms with Crippen LogP contribution in [-0.4, -0.2) is 37.4 Å². The summed E-state index contributed by atoms with van der Waals surface area (Å²) in [4.78, 5) is 13.6. The van der Waals surface area contributed by atoms with Gasteiger partial charge in [-0.15, -0.1) is 0 Å². The maximum Gasteiger partial charge on any atom is 0.340 e. The van der Waals surface area contributed by atoms with Crippen molar-refractivity contribution in [2.24, 2.45) is 5.92 Å². The van der Waals surface area contributed by atoms with Gasteiger partial charge in [-0.3, -0.25) is 0 Å². The number of β-amino-alcohol motifs (C(OH)–C–C–N with tert-alkyl or cyclic N) is 1. The van der Waals surface area contributed by atoms with Crippen molar-refractivity contribution in [3.05, 3.63) is 23.8 Å². The van der Waals surface area contributed by atoms with E-state index in [1.54, 1.807) is 12.1 Å². The lowest BCUT2D eigenvalue weighted by molar-refractivity contribution is 0.0602. The molecule has 19 heavy (non-hydrogen) atoms. The number of hydrogen-bond donors (Lipinski definition) is 2. The number of piperidine rings is 1. The van der Waals surface area contributed by atoms with Crippen LogP contribution in [0.5, 0.6) is 0 Å². The third-order valence-electron chi connectivity index (χ3n) is 3.75. The average molecular weight is 264 g/mol. The molecule has 0 amide bonds. The number of methoxy groups -OCH3 is 1. The smallest absolute Gasteiger partial charge is 0.340 e. The molecule has 1 aromatic carbocycles. The van der Waals surface area contributed by atoms with Gasteiger partial charge in [-0.1, -0.05) is 13.0 Å². The minimum absolute atomic E-state index is 0.293. The average Bonchev–Trinajstić information content (AvgIpc) is 2.41. The lowest BCUT2D eigenvalue weighted by atomic mass is 9.95. The number of aliphatic hydroxyl groups excluding tert-OH is 1. The van der Waals surface area contributed by atoms with Crippen molar-refractivity contribution in [2.75, 3.05) is 30.8 Å². The van der Waals surface area contributed by atoms with Crippen molar-refractivity contribution >= 4 is 17.3 Å². The minimum atomic E-state index is -0.440. The largest absolute Gasteiger partial charge is 0.465 e. The van der Waals surface area contributed by atoms with Crippen LogP contribution in [0.3, 0.4) is 0 Å². The van der Waals surface area contributed by atoms with E-state index in [4.69, 9.17) is 10.5 Å². The van der Waals surface area contributed by atoms with Crippen LogP contribution < -0.4 is 10.6 Å². The zero-order chi connectivity index (χ0) is 14.0. The molecule has 1 heterocycles. The van der Waals surface area contributed by atoms with Crippen LogP contribution in [0.15, 0.2) is 18.2 Å². The molecule has 1 fully saturated rings. The highest BCUT2D eigenvalue weighted by atomic mass is 16.5. The highest BCUT2D eigenvalue weighted by molar-refractivity contribution is 5.98. The van der Waals surface area contributed by atoms with Crippen molar-refractivity contribution in [1.82, 2.24) is 0 Å². The van der Waals surface area contributed by atoms with E-state index in [0.717, 1.165) is 18.7 Å². The van der Waals surface area contributed by atoms with Crippen LogP contribution in [0.1, 0.15) is 23.7 Å². The number of nitrogens with zero attached hydrogens (tertiary/aromatic N) is 1. The van der Waals surface area contributed by atoms with Gasteiger partial charge >= 0.3 is 5.97 Å². The van der Waals surface area contributed by atoms with Crippen LogP contribution in [0.25, 0.3) is 0 Å². The second kappa shape index (κ2) is 5.48. The number of carbonyl (C=O) groups excluding carboxylic acids is 1. The van der Waals surface area contributed by atoms with Gasteiger partial charge in [0.2, 0.25) is 0 Å². The Hall–Kier alpha value is -1.75. The number of nitrogens with two attached hydrogens (primary N) is 1. The summed E-state index contributed by atoms with van der Waals surface area (Å²) in [6.07, 6.45) is 0.540. The van der Waals surface area contributed by atoms with Gasteiger partial charge in [-0.05, 0) is 24.5 Å². The summed E-state index contributed by atoms with van der Waals surface area (Å²) in [5.41, 5.74) is 7.61. The zero-order valence-electron chi connectivity index (χ0n) is 11.3. The van der Waals surface area contributed by atoms with Crippen LogP contribution in [0, 0.1) is 5.92 Å². The van der Waals surface area contributed by atoms with Crippen LogP contribution in [-0.2, 0) is 4.74 Å². The number of hydrogen-bond acceptors (Lipinski definition) is 5. The molecule has 2 unspecified atom stereocenters. The van der Waals surface area contributed by atoms with E-state index in [9.17, 15) is 9.90 Å². The summed E-state index contributed by atoms with van der Waals surface area (Å²) >= 11 is 0. The van der Waals surface area contributed by atoms with Gasteiger partial charge in [0, 0.05) is 13.1 Å². The molecule has 2 rings (SSSR count). The van der Waals surface area contributed by atoms with Crippen LogP contribution in [0.4, 0.5) is 11.4 Å². The van der Waals surface area contributed by atoms with E-state index in [1.165, 1.54) is 7.11 Å². The molecule has 1 aliphatic rings. The predicted molar refractivity (Wildman–Crippen MR) is 74.2 cm³/mol. The molecule has 1 aliphatic heterocycles. The molecule has 2 atom stereocenters. The van der Waals surface area contributed by atoms with Crippen molar-refractivity contribution in [3.8, 4) is 0 Å². The van der Waals surface area contributed by atoms with E-state index in [-0.39, 0.29) is 6.10 Å². The van der Waals surface area contributed by atoms with Gasteiger partial charge in [0.15, 0.2) is 0 Å². The molecule has 5 heteroatoms. The number of anilines is 2. The SMILES string of the molecule is COC(=O)c1cccc(N2CCC(C)C(O)C2)c1N. The van der Waals surface area contributed by atoms with Crippen molar-refractivity contribution in [3.63, 3.8) is 0 Å². The lowest BCUT2D eigenvalue weighted by Gasteiger charge is -2.36. The molecule has 0 radical (unpaired) electrons. The predicted octanol–water partition coefficient (Wildman–Crippen LogP) is 1.26. The second-order valence-corrected chi connectivity index (χ2v) is 5.01. The maximum absolute atomic E-state index is 11.6. The van der Waals surface area contributed by atoms with E-state index in [0.29, 0.717) is 23.7 Å². The Morgan fingerprint density at radius 3 is 2.89 bits per heavy atom. The summed E-state index contributed by atoms with van der Waals surface area (Å²) in [5.74, 6) is -0.147. The molecule has 3 N–H and O–H groups in total.